The molecular weight excluding hydrogens is 698 g/mol. The zero-order chi connectivity index (χ0) is 39.1. The number of amides is 8. The van der Waals surface area contributed by atoms with E-state index in [4.69, 9.17) is 21.9 Å². The second-order valence-corrected chi connectivity index (χ2v) is 11.7. The van der Waals surface area contributed by atoms with Crippen molar-refractivity contribution in [3.63, 3.8) is 0 Å². The molecular formula is C28H45N11O13. The second kappa shape index (κ2) is 20.5. The molecule has 2 rings (SSSR count). The standard InChI is InChI=1S/C28H45N11O13/c1-11(42)35-21-23(47)22(46)17(9-41)52-28(21)39-20(45)5-16(27(51)36-14(2-3-18(30)43)25(49)33-7-19(31)44)38-26(50)15(4-12-6-32-10-34-12)37-24(48)13(29)8-40/h6,10,13-17,21-23,28,40-41,46-47H,2-5,7-9,29H2,1H3,(H2,30,43)(H2,31,44)(H,32,34)(H,33,49)(H,35,42)(H,36,51)(H,37,48)(H,38,50)(H,39,45)/t13-,14-,15-,16-,17+,21+,22+,23+,28+/m0/s1. The van der Waals surface area contributed by atoms with Crippen LogP contribution in [0.2, 0.25) is 0 Å². The summed E-state index contributed by atoms with van der Waals surface area (Å²) in [5.74, 6) is -7.80. The molecule has 2 heterocycles. The molecule has 290 valence electrons. The number of primary amides is 2. The first-order chi connectivity index (χ1) is 24.5. The maximum Gasteiger partial charge on any atom is 0.243 e. The molecule has 0 spiro atoms. The lowest BCUT2D eigenvalue weighted by atomic mass is 9.95. The number of nitrogens with one attached hydrogen (secondary N) is 7. The minimum atomic E-state index is -1.88. The van der Waals surface area contributed by atoms with Crippen molar-refractivity contribution in [2.45, 2.75) is 87.4 Å². The predicted octanol–water partition coefficient (Wildman–Crippen LogP) is -8.96. The van der Waals surface area contributed by atoms with Gasteiger partial charge in [-0.3, -0.25) is 38.4 Å². The molecule has 0 bridgehead atoms. The lowest BCUT2D eigenvalue weighted by Crippen LogP contribution is -2.68. The van der Waals surface area contributed by atoms with E-state index in [1.165, 1.54) is 12.5 Å². The van der Waals surface area contributed by atoms with Gasteiger partial charge in [-0.1, -0.05) is 0 Å². The number of carbonyl (C=O) groups excluding carboxylic acids is 8. The van der Waals surface area contributed by atoms with Gasteiger partial charge < -0.3 is 79.2 Å². The highest BCUT2D eigenvalue weighted by molar-refractivity contribution is 5.97. The Morgan fingerprint density at radius 3 is 2.08 bits per heavy atom. The van der Waals surface area contributed by atoms with Gasteiger partial charge >= 0.3 is 0 Å². The fraction of sp³-hybridized carbons (Fsp3) is 0.607. The van der Waals surface area contributed by atoms with Gasteiger partial charge in [0.15, 0.2) is 6.23 Å². The van der Waals surface area contributed by atoms with E-state index in [-0.39, 0.29) is 6.42 Å². The number of ether oxygens (including phenoxy) is 1. The Morgan fingerprint density at radius 1 is 0.885 bits per heavy atom. The van der Waals surface area contributed by atoms with Crippen molar-refractivity contribution in [3.05, 3.63) is 18.2 Å². The van der Waals surface area contributed by atoms with E-state index in [9.17, 15) is 58.8 Å². The van der Waals surface area contributed by atoms with Crippen molar-refractivity contribution in [2.24, 2.45) is 17.2 Å². The summed E-state index contributed by atoms with van der Waals surface area (Å²) in [5.41, 5.74) is 16.2. The largest absolute Gasteiger partial charge is 0.394 e. The smallest absolute Gasteiger partial charge is 0.243 e. The Bertz CT molecular complexity index is 1430. The summed E-state index contributed by atoms with van der Waals surface area (Å²) in [6.45, 7) is -1.18. The summed E-state index contributed by atoms with van der Waals surface area (Å²) in [7, 11) is 0. The minimum absolute atomic E-state index is 0.260. The third kappa shape index (κ3) is 13.5. The fourth-order valence-corrected chi connectivity index (χ4v) is 4.83. The molecule has 0 saturated carbocycles. The maximum atomic E-state index is 13.7. The molecule has 24 heteroatoms. The van der Waals surface area contributed by atoms with Gasteiger partial charge in [0, 0.05) is 31.7 Å². The van der Waals surface area contributed by atoms with Crippen molar-refractivity contribution in [2.75, 3.05) is 19.8 Å². The minimum Gasteiger partial charge on any atom is -0.394 e. The number of imidazole rings is 1. The highest BCUT2D eigenvalue weighted by Crippen LogP contribution is 2.20. The van der Waals surface area contributed by atoms with Gasteiger partial charge in [-0.25, -0.2) is 4.98 Å². The number of nitrogens with zero attached hydrogens (tertiary/aromatic N) is 1. The van der Waals surface area contributed by atoms with E-state index in [1.54, 1.807) is 0 Å². The van der Waals surface area contributed by atoms with Gasteiger partial charge in [0.2, 0.25) is 47.3 Å². The molecule has 0 unspecified atom stereocenters. The number of aromatic amines is 1. The van der Waals surface area contributed by atoms with E-state index in [1.807, 2.05) is 0 Å². The van der Waals surface area contributed by atoms with Crippen molar-refractivity contribution < 1.29 is 63.5 Å². The van der Waals surface area contributed by atoms with Gasteiger partial charge in [0.1, 0.15) is 48.5 Å². The van der Waals surface area contributed by atoms with Crippen molar-refractivity contribution in [3.8, 4) is 0 Å². The van der Waals surface area contributed by atoms with Crippen LogP contribution in [-0.2, 0) is 49.5 Å². The van der Waals surface area contributed by atoms with Crippen LogP contribution in [0.3, 0.4) is 0 Å². The monoisotopic (exact) mass is 743 g/mol. The molecule has 52 heavy (non-hydrogen) atoms. The molecule has 1 aliphatic rings. The summed E-state index contributed by atoms with van der Waals surface area (Å²) in [4.78, 5) is 107. The quantitative estimate of drug-likeness (QED) is 0.0590. The normalized spacial score (nSPS) is 22.0. The van der Waals surface area contributed by atoms with Crippen LogP contribution in [0.15, 0.2) is 12.5 Å². The molecule has 17 N–H and O–H groups in total. The highest BCUT2D eigenvalue weighted by Gasteiger charge is 2.45. The number of H-pyrrole nitrogens is 1. The van der Waals surface area contributed by atoms with E-state index >= 15 is 0 Å². The zero-order valence-electron chi connectivity index (χ0n) is 27.9. The molecule has 24 nitrogen and oxygen atoms in total. The SMILES string of the molecule is CC(=O)N[C@@H]1[C@@H](O)[C@H](O)[C@@H](CO)O[C@H]1NC(=O)C[C@H](NC(=O)[C@H](Cc1cnc[nH]1)NC(=O)[C@@H](N)CO)C(=O)N[C@@H](CCC(N)=O)C(=O)NCC(N)=O. The molecule has 1 saturated heterocycles. The van der Waals surface area contributed by atoms with Gasteiger partial charge in [0.05, 0.1) is 32.5 Å². The van der Waals surface area contributed by atoms with Crippen LogP contribution in [0, 0.1) is 0 Å². The van der Waals surface area contributed by atoms with Crippen LogP contribution in [0.25, 0.3) is 0 Å². The molecule has 0 radical (unpaired) electrons. The number of hydrogen-bond acceptors (Lipinski definition) is 15. The summed E-state index contributed by atoms with van der Waals surface area (Å²) >= 11 is 0. The Labute approximate surface area is 295 Å². The summed E-state index contributed by atoms with van der Waals surface area (Å²) in [6.07, 6.45) is -5.89. The van der Waals surface area contributed by atoms with Crippen molar-refractivity contribution >= 4 is 47.3 Å². The third-order valence-corrected chi connectivity index (χ3v) is 7.52. The first-order valence-electron chi connectivity index (χ1n) is 15.7. The lowest BCUT2D eigenvalue weighted by Gasteiger charge is -2.42. The molecule has 9 atom stereocenters. The molecule has 0 aliphatic carbocycles. The average molecular weight is 744 g/mol. The van der Waals surface area contributed by atoms with E-state index in [0.717, 1.165) is 6.92 Å². The van der Waals surface area contributed by atoms with Crippen LogP contribution in [0.4, 0.5) is 0 Å². The summed E-state index contributed by atoms with van der Waals surface area (Å²) in [6, 6.07) is -7.85. The molecule has 8 amide bonds. The molecule has 1 aromatic rings. The van der Waals surface area contributed by atoms with Crippen molar-refractivity contribution in [1.29, 1.82) is 0 Å². The lowest BCUT2D eigenvalue weighted by molar-refractivity contribution is -0.203. The van der Waals surface area contributed by atoms with Crippen molar-refractivity contribution in [1.82, 2.24) is 41.9 Å². The van der Waals surface area contributed by atoms with Crippen LogP contribution in [-0.4, -0.2) is 152 Å². The number of aliphatic hydroxyl groups excluding tert-OH is 4. The first kappa shape index (κ1) is 42.9. The van der Waals surface area contributed by atoms with Crippen LogP contribution >= 0.6 is 0 Å². The van der Waals surface area contributed by atoms with E-state index in [0.29, 0.717) is 5.69 Å². The Hall–Kier alpha value is -5.27. The molecule has 1 aromatic heterocycles. The number of rotatable bonds is 20. The van der Waals surface area contributed by atoms with E-state index < -0.39 is 141 Å². The topological polar surface area (TPSA) is 406 Å². The predicted molar refractivity (Wildman–Crippen MR) is 172 cm³/mol. The summed E-state index contributed by atoms with van der Waals surface area (Å²) < 4.78 is 5.48. The first-order valence-corrected chi connectivity index (χ1v) is 15.7. The van der Waals surface area contributed by atoms with Crippen LogP contribution < -0.4 is 49.1 Å². The Morgan fingerprint density at radius 2 is 1.52 bits per heavy atom. The highest BCUT2D eigenvalue weighted by atomic mass is 16.5. The van der Waals surface area contributed by atoms with E-state index in [2.05, 4.69) is 41.9 Å². The Kier molecular flexibility index (Phi) is 16.9. The zero-order valence-corrected chi connectivity index (χ0v) is 27.9. The number of nitrogens with two attached hydrogens (primary N) is 3. The number of hydrogen-bond donors (Lipinski definition) is 14. The fourth-order valence-electron chi connectivity index (χ4n) is 4.83. The molecule has 0 aromatic carbocycles. The van der Waals surface area contributed by atoms with Gasteiger partial charge in [-0.15, -0.1) is 0 Å². The Balaban J connectivity index is 2.44. The van der Waals surface area contributed by atoms with Crippen LogP contribution in [0.1, 0.15) is 31.9 Å². The van der Waals surface area contributed by atoms with Gasteiger partial charge in [-0.2, -0.15) is 0 Å². The number of carbonyl (C=O) groups is 8. The molecule has 1 fully saturated rings. The third-order valence-electron chi connectivity index (χ3n) is 7.52. The second-order valence-electron chi connectivity index (χ2n) is 11.7. The van der Waals surface area contributed by atoms with Gasteiger partial charge in [0.25, 0.3) is 0 Å². The number of aromatic nitrogens is 2. The molecule has 1 aliphatic heterocycles. The number of aliphatic hydroxyl groups is 4. The summed E-state index contributed by atoms with van der Waals surface area (Å²) in [5, 5.41) is 53.4. The van der Waals surface area contributed by atoms with Gasteiger partial charge in [-0.05, 0) is 6.42 Å². The average Bonchev–Trinajstić information content (AvgIpc) is 3.60. The van der Waals surface area contributed by atoms with Crippen LogP contribution in [0.5, 0.6) is 0 Å². The maximum absolute atomic E-state index is 13.7.